The summed E-state index contributed by atoms with van der Waals surface area (Å²) in [4.78, 5) is 20.9. The van der Waals surface area contributed by atoms with E-state index in [1.54, 1.807) is 19.9 Å². The molecule has 0 fully saturated rings. The normalized spacial score (nSPS) is 9.34. The number of methoxy groups -OCH3 is 1. The highest BCUT2D eigenvalue weighted by Crippen LogP contribution is 2.00. The monoisotopic (exact) mass is 397 g/mol. The summed E-state index contributed by atoms with van der Waals surface area (Å²) in [7, 11) is 1.33. The van der Waals surface area contributed by atoms with Crippen LogP contribution in [-0.2, 0) is 19.1 Å². The second-order valence-corrected chi connectivity index (χ2v) is 5.80. The van der Waals surface area contributed by atoms with Crippen molar-refractivity contribution in [2.45, 2.75) is 33.6 Å². The van der Waals surface area contributed by atoms with Crippen molar-refractivity contribution in [3.8, 4) is 6.07 Å². The first-order chi connectivity index (χ1) is 13.8. The van der Waals surface area contributed by atoms with Crippen LogP contribution in [0.2, 0.25) is 0 Å². The first-order valence-electron chi connectivity index (χ1n) is 9.14. The molecular formula is C24H31NO4. The number of hydrogen-bond acceptors (Lipinski definition) is 5. The first-order valence-corrected chi connectivity index (χ1v) is 9.14. The van der Waals surface area contributed by atoms with Crippen LogP contribution in [0.3, 0.4) is 0 Å². The summed E-state index contributed by atoms with van der Waals surface area (Å²) in [5.74, 6) is -0.631. The van der Waals surface area contributed by atoms with Crippen LogP contribution in [-0.4, -0.2) is 25.7 Å². The van der Waals surface area contributed by atoms with Gasteiger partial charge in [-0.25, -0.2) is 9.59 Å². The van der Waals surface area contributed by atoms with E-state index in [1.165, 1.54) is 13.2 Å². The molecule has 0 aliphatic rings. The minimum atomic E-state index is -0.347. The smallest absolute Gasteiger partial charge is 0.333 e. The Bertz CT molecular complexity index is 725. The maximum absolute atomic E-state index is 10.7. The maximum Gasteiger partial charge on any atom is 0.333 e. The van der Waals surface area contributed by atoms with Gasteiger partial charge in [-0.1, -0.05) is 75.1 Å². The van der Waals surface area contributed by atoms with Crippen molar-refractivity contribution in [3.63, 3.8) is 0 Å². The van der Waals surface area contributed by atoms with E-state index < -0.39 is 0 Å². The first kappa shape index (κ1) is 27.8. The second-order valence-electron chi connectivity index (χ2n) is 5.80. The zero-order valence-corrected chi connectivity index (χ0v) is 17.8. The maximum atomic E-state index is 10.7. The lowest BCUT2D eigenvalue weighted by atomic mass is 10.2. The molecule has 5 nitrogen and oxygen atoms in total. The van der Waals surface area contributed by atoms with Gasteiger partial charge in [0.1, 0.15) is 0 Å². The third-order valence-corrected chi connectivity index (χ3v) is 2.98. The fourth-order valence-corrected chi connectivity index (χ4v) is 1.44. The van der Waals surface area contributed by atoms with Crippen molar-refractivity contribution in [2.24, 2.45) is 0 Å². The summed E-state index contributed by atoms with van der Waals surface area (Å²) >= 11 is 0. The minimum Gasteiger partial charge on any atom is -0.466 e. The molecule has 0 spiro atoms. The van der Waals surface area contributed by atoms with Crippen LogP contribution in [0.1, 0.15) is 39.2 Å². The molecule has 0 amide bonds. The Kier molecular flexibility index (Phi) is 18.6. The average Bonchev–Trinajstić information content (AvgIpc) is 2.72. The van der Waals surface area contributed by atoms with Crippen molar-refractivity contribution in [2.75, 3.05) is 13.7 Å². The largest absolute Gasteiger partial charge is 0.466 e. The zero-order valence-electron chi connectivity index (χ0n) is 17.8. The van der Waals surface area contributed by atoms with E-state index in [4.69, 9.17) is 10.00 Å². The number of nitriles is 1. The topological polar surface area (TPSA) is 76.4 Å². The molecule has 0 atom stereocenters. The molecule has 0 saturated heterocycles. The SMILES string of the molecule is C=C(C)C(=O)OC.C=C(C)C(=O)OCCCC.N#CC=CC=Cc1ccccc1. The van der Waals surface area contributed by atoms with Gasteiger partial charge in [0.05, 0.1) is 19.8 Å². The van der Waals surface area contributed by atoms with E-state index >= 15 is 0 Å². The highest BCUT2D eigenvalue weighted by Gasteiger charge is 2.00. The van der Waals surface area contributed by atoms with Crippen LogP contribution in [0, 0.1) is 11.3 Å². The molecule has 1 aromatic rings. The van der Waals surface area contributed by atoms with Gasteiger partial charge in [-0.15, -0.1) is 0 Å². The molecule has 156 valence electrons. The number of carbonyl (C=O) groups excluding carboxylic acids is 2. The third-order valence-electron chi connectivity index (χ3n) is 2.98. The number of benzene rings is 1. The second kappa shape index (κ2) is 19.4. The summed E-state index contributed by atoms with van der Waals surface area (Å²) in [6.45, 7) is 12.6. The van der Waals surface area contributed by atoms with Crippen LogP contribution in [0.25, 0.3) is 6.08 Å². The van der Waals surface area contributed by atoms with E-state index in [9.17, 15) is 9.59 Å². The quantitative estimate of drug-likeness (QED) is 0.202. The van der Waals surface area contributed by atoms with Gasteiger partial charge in [-0.05, 0) is 25.8 Å². The minimum absolute atomic E-state index is 0.284. The highest BCUT2D eigenvalue weighted by atomic mass is 16.5. The molecule has 29 heavy (non-hydrogen) atoms. The van der Waals surface area contributed by atoms with Gasteiger partial charge in [-0.2, -0.15) is 5.26 Å². The molecule has 1 rings (SSSR count). The molecule has 0 N–H and O–H groups in total. The number of ether oxygens (including phenoxy) is 2. The molecule has 0 aromatic heterocycles. The number of allylic oxidation sites excluding steroid dienone is 3. The number of nitrogens with zero attached hydrogens (tertiary/aromatic N) is 1. The van der Waals surface area contributed by atoms with Crippen molar-refractivity contribution in [3.05, 3.63) is 78.4 Å². The van der Waals surface area contributed by atoms with Crippen LogP contribution in [0.4, 0.5) is 0 Å². The Hall–Kier alpha value is -3.39. The summed E-state index contributed by atoms with van der Waals surface area (Å²) in [6, 6.07) is 11.9. The van der Waals surface area contributed by atoms with E-state index in [0.29, 0.717) is 17.8 Å². The lowest BCUT2D eigenvalue weighted by molar-refractivity contribution is -0.139. The Morgan fingerprint density at radius 1 is 1.07 bits per heavy atom. The number of hydrogen-bond donors (Lipinski definition) is 0. The van der Waals surface area contributed by atoms with Crippen LogP contribution < -0.4 is 0 Å². The lowest BCUT2D eigenvalue weighted by Gasteiger charge is -2.01. The molecule has 0 bridgehead atoms. The van der Waals surface area contributed by atoms with Gasteiger partial charge in [0.25, 0.3) is 0 Å². The Morgan fingerprint density at radius 3 is 2.07 bits per heavy atom. The fourth-order valence-electron chi connectivity index (χ4n) is 1.44. The molecular weight excluding hydrogens is 366 g/mol. The third kappa shape index (κ3) is 19.2. The molecule has 0 aliphatic carbocycles. The van der Waals surface area contributed by atoms with Crippen molar-refractivity contribution < 1.29 is 19.1 Å². The Morgan fingerprint density at radius 2 is 1.66 bits per heavy atom. The van der Waals surface area contributed by atoms with E-state index in [-0.39, 0.29) is 11.9 Å². The molecule has 0 unspecified atom stereocenters. The molecule has 0 aliphatic heterocycles. The number of rotatable bonds is 7. The van der Waals surface area contributed by atoms with Crippen LogP contribution in [0.15, 0.2) is 72.9 Å². The average molecular weight is 398 g/mol. The summed E-state index contributed by atoms with van der Waals surface area (Å²) in [6.07, 6.45) is 8.93. The number of esters is 2. The molecule has 1 aromatic carbocycles. The molecule has 0 heterocycles. The van der Waals surface area contributed by atoms with Gasteiger partial charge in [0, 0.05) is 17.2 Å². The van der Waals surface area contributed by atoms with Crippen LogP contribution in [0.5, 0.6) is 0 Å². The standard InChI is InChI=1S/C11H9N.C8H14O2.C5H8O2/c12-10-6-2-5-9-11-7-3-1-4-8-11;1-4-5-6-10-8(9)7(2)3;1-4(2)5(6)7-3/h1-9H;2,4-6H2,1,3H3;1H2,2-3H3. The van der Waals surface area contributed by atoms with E-state index in [2.05, 4.69) is 24.8 Å². The highest BCUT2D eigenvalue weighted by molar-refractivity contribution is 5.87. The number of carbonyl (C=O) groups is 2. The number of unbranched alkanes of at least 4 members (excludes halogenated alkanes) is 1. The zero-order chi connectivity index (χ0) is 22.5. The summed E-state index contributed by atoms with van der Waals surface area (Å²) < 4.78 is 9.08. The van der Waals surface area contributed by atoms with Gasteiger partial charge >= 0.3 is 11.9 Å². The summed E-state index contributed by atoms with van der Waals surface area (Å²) in [5.41, 5.74) is 2.04. The van der Waals surface area contributed by atoms with E-state index in [1.807, 2.05) is 48.6 Å². The predicted molar refractivity (Wildman–Crippen MR) is 118 cm³/mol. The van der Waals surface area contributed by atoms with E-state index in [0.717, 1.165) is 18.4 Å². The van der Waals surface area contributed by atoms with Crippen molar-refractivity contribution >= 4 is 18.0 Å². The van der Waals surface area contributed by atoms with Crippen LogP contribution >= 0.6 is 0 Å². The fraction of sp³-hybridized carbons (Fsp3) is 0.292. The van der Waals surface area contributed by atoms with Gasteiger partial charge in [0.15, 0.2) is 0 Å². The molecule has 0 radical (unpaired) electrons. The summed E-state index contributed by atoms with van der Waals surface area (Å²) in [5, 5.41) is 8.19. The van der Waals surface area contributed by atoms with Gasteiger partial charge in [-0.3, -0.25) is 0 Å². The van der Waals surface area contributed by atoms with Crippen molar-refractivity contribution in [1.82, 2.24) is 0 Å². The van der Waals surface area contributed by atoms with Gasteiger partial charge in [0.2, 0.25) is 0 Å². The van der Waals surface area contributed by atoms with Gasteiger partial charge < -0.3 is 9.47 Å². The van der Waals surface area contributed by atoms with Crippen molar-refractivity contribution in [1.29, 1.82) is 5.26 Å². The molecule has 0 saturated carbocycles. The Labute approximate surface area is 174 Å². The lowest BCUT2D eigenvalue weighted by Crippen LogP contribution is -2.05. The predicted octanol–water partition coefficient (Wildman–Crippen LogP) is 5.42. The molecule has 5 heteroatoms. The Balaban J connectivity index is 0.